The number of aromatic amines is 1. The van der Waals surface area contributed by atoms with Gasteiger partial charge < -0.3 is 30.3 Å². The minimum atomic E-state index is -4.73. The van der Waals surface area contributed by atoms with Crippen LogP contribution in [0.1, 0.15) is 30.9 Å². The van der Waals surface area contributed by atoms with Crippen LogP contribution in [-0.2, 0) is 23.1 Å². The molecule has 3 aromatic heterocycles. The summed E-state index contributed by atoms with van der Waals surface area (Å²) in [5, 5.41) is 20.1. The zero-order valence-corrected chi connectivity index (χ0v) is 20.9. The van der Waals surface area contributed by atoms with Crippen LogP contribution in [0, 0.1) is 6.92 Å². The lowest BCUT2D eigenvalue weighted by Crippen LogP contribution is -2.33. The van der Waals surface area contributed by atoms with Crippen molar-refractivity contribution in [1.29, 1.82) is 0 Å². The maximum Gasteiger partial charge on any atom is 0.472 e. The highest BCUT2D eigenvalue weighted by molar-refractivity contribution is 7.47. The Balaban J connectivity index is 1.22. The number of hydrogen-bond acceptors (Lipinski definition) is 13. The van der Waals surface area contributed by atoms with E-state index in [1.54, 1.807) is 4.57 Å². The Morgan fingerprint density at radius 2 is 1.92 bits per heavy atom. The predicted octanol–water partition coefficient (Wildman–Crippen LogP) is -1.30. The van der Waals surface area contributed by atoms with Crippen LogP contribution in [0.3, 0.4) is 0 Å². The van der Waals surface area contributed by atoms with E-state index in [0.29, 0.717) is 11.2 Å². The van der Waals surface area contributed by atoms with E-state index < -0.39 is 69.2 Å². The molecule has 0 aromatic carbocycles. The highest BCUT2D eigenvalue weighted by Gasteiger charge is 2.43. The number of phosphoric ester groups is 1. The van der Waals surface area contributed by atoms with Crippen molar-refractivity contribution in [2.24, 2.45) is 0 Å². The van der Waals surface area contributed by atoms with Gasteiger partial charge in [-0.15, -0.1) is 0 Å². The van der Waals surface area contributed by atoms with Crippen molar-refractivity contribution in [3.05, 3.63) is 45.3 Å². The first-order valence-corrected chi connectivity index (χ1v) is 13.1. The van der Waals surface area contributed by atoms with Gasteiger partial charge in [-0.1, -0.05) is 0 Å². The molecule has 1 unspecified atom stereocenters. The molecule has 5 rings (SSSR count). The Morgan fingerprint density at radius 3 is 2.68 bits per heavy atom. The van der Waals surface area contributed by atoms with Crippen molar-refractivity contribution in [3.63, 3.8) is 0 Å². The number of rotatable bonds is 8. The summed E-state index contributed by atoms with van der Waals surface area (Å²) < 4.78 is 37.1. The lowest BCUT2D eigenvalue weighted by molar-refractivity contribution is -0.0564. The summed E-state index contributed by atoms with van der Waals surface area (Å²) >= 11 is 0. The number of phosphoric acid groups is 1. The van der Waals surface area contributed by atoms with Gasteiger partial charge in [-0.2, -0.15) is 0 Å². The maximum absolute atomic E-state index is 12.7. The normalized spacial score (nSPS) is 29.2. The molecule has 5 heterocycles. The number of nitrogens with one attached hydrogen (secondary N) is 1. The van der Waals surface area contributed by atoms with E-state index in [2.05, 4.69) is 19.9 Å². The number of fused-ring (bicyclic) bond motifs is 1. The van der Waals surface area contributed by atoms with Gasteiger partial charge in [0.2, 0.25) is 0 Å². The first-order valence-electron chi connectivity index (χ1n) is 11.6. The summed E-state index contributed by atoms with van der Waals surface area (Å²) in [5.41, 5.74) is 5.52. The number of aliphatic hydroxyl groups excluding tert-OH is 2. The number of aryl methyl sites for hydroxylation is 1. The summed E-state index contributed by atoms with van der Waals surface area (Å²) in [6, 6.07) is 0. The van der Waals surface area contributed by atoms with Crippen LogP contribution in [0.4, 0.5) is 5.82 Å². The Bertz CT molecular complexity index is 1490. The summed E-state index contributed by atoms with van der Waals surface area (Å²) in [7, 11) is -4.73. The molecule has 2 aliphatic heterocycles. The fourth-order valence-corrected chi connectivity index (χ4v) is 5.39. The molecule has 17 nitrogen and oxygen atoms in total. The molecule has 206 valence electrons. The van der Waals surface area contributed by atoms with Crippen LogP contribution in [0.5, 0.6) is 0 Å². The summed E-state index contributed by atoms with van der Waals surface area (Å²) in [4.78, 5) is 48.5. The Kier molecular flexibility index (Phi) is 7.19. The smallest absolute Gasteiger partial charge is 0.394 e. The number of hydrogen-bond donors (Lipinski definition) is 5. The molecule has 38 heavy (non-hydrogen) atoms. The van der Waals surface area contributed by atoms with Crippen LogP contribution < -0.4 is 17.0 Å². The zero-order valence-electron chi connectivity index (χ0n) is 20.0. The predicted molar refractivity (Wildman–Crippen MR) is 127 cm³/mol. The lowest BCUT2D eigenvalue weighted by atomic mass is 10.2. The second-order valence-corrected chi connectivity index (χ2v) is 10.4. The molecule has 0 radical (unpaired) electrons. The molecular formula is C20H26N7O10P. The highest BCUT2D eigenvalue weighted by Crippen LogP contribution is 2.49. The fraction of sp³-hybridized carbons (Fsp3) is 0.550. The number of aromatic nitrogens is 6. The van der Waals surface area contributed by atoms with Gasteiger partial charge in [-0.25, -0.2) is 24.3 Å². The Labute approximate surface area is 213 Å². The molecule has 2 saturated heterocycles. The second kappa shape index (κ2) is 10.3. The molecule has 0 bridgehead atoms. The number of nitrogen functional groups attached to an aromatic ring is 1. The molecule has 2 aliphatic rings. The molecule has 0 amide bonds. The molecule has 0 saturated carbocycles. The number of H-pyrrole nitrogens is 1. The van der Waals surface area contributed by atoms with Gasteiger partial charge >= 0.3 is 13.5 Å². The molecule has 3 aromatic rings. The topological polar surface area (TPSA) is 239 Å². The van der Waals surface area contributed by atoms with Gasteiger partial charge in [-0.05, 0) is 6.92 Å². The third-order valence-electron chi connectivity index (χ3n) is 6.39. The molecule has 18 heteroatoms. The van der Waals surface area contributed by atoms with E-state index in [9.17, 15) is 29.3 Å². The number of anilines is 1. The third-order valence-corrected chi connectivity index (χ3v) is 7.40. The molecular weight excluding hydrogens is 529 g/mol. The first kappa shape index (κ1) is 26.6. The number of aliphatic hydroxyl groups is 2. The van der Waals surface area contributed by atoms with E-state index >= 15 is 0 Å². The van der Waals surface area contributed by atoms with Crippen molar-refractivity contribution in [2.75, 3.05) is 18.9 Å². The SMILES string of the molecule is Cc1cn([C@@H]2C[C@H](OP(=O)(O)OC[C@@H]3O[C@H](n4cnc5c(N)ncnc54)C[C@@H]3O)[C@@H](CO)O2)c(=O)[nH]c1=O. The quantitative estimate of drug-likeness (QED) is 0.203. The van der Waals surface area contributed by atoms with Crippen molar-refractivity contribution in [2.45, 2.75) is 56.6 Å². The Hall–Kier alpha value is -3.02. The maximum atomic E-state index is 12.7. The van der Waals surface area contributed by atoms with E-state index in [0.717, 1.165) is 4.57 Å². The van der Waals surface area contributed by atoms with Gasteiger partial charge in [-0.3, -0.25) is 28.0 Å². The van der Waals surface area contributed by atoms with Crippen LogP contribution in [0.2, 0.25) is 0 Å². The second-order valence-electron chi connectivity index (χ2n) is 8.95. The number of imidazole rings is 1. The van der Waals surface area contributed by atoms with Crippen LogP contribution >= 0.6 is 7.82 Å². The average molecular weight is 555 g/mol. The lowest BCUT2D eigenvalue weighted by Gasteiger charge is -2.21. The summed E-state index contributed by atoms with van der Waals surface area (Å²) in [6.45, 7) is 0.436. The Morgan fingerprint density at radius 1 is 1.18 bits per heavy atom. The summed E-state index contributed by atoms with van der Waals surface area (Å²) in [5.74, 6) is 0.186. The number of nitrogens with two attached hydrogens (primary N) is 1. The highest BCUT2D eigenvalue weighted by atomic mass is 31.2. The van der Waals surface area contributed by atoms with Gasteiger partial charge in [0.05, 0.1) is 25.6 Å². The van der Waals surface area contributed by atoms with Crippen LogP contribution in [0.25, 0.3) is 11.2 Å². The van der Waals surface area contributed by atoms with Crippen molar-refractivity contribution in [3.8, 4) is 0 Å². The molecule has 0 spiro atoms. The van der Waals surface area contributed by atoms with Gasteiger partial charge in [0.1, 0.15) is 42.6 Å². The zero-order chi connectivity index (χ0) is 27.2. The standard InChI is InChI=1S/C20H26N7O10P/c1-9-4-26(20(31)25-19(9)30)15-3-11(12(5-28)35-15)37-38(32,33)34-6-13-10(29)2-14(36-13)27-8-24-16-17(21)22-7-23-18(16)27/h4,7-8,10-15,28-29H,2-3,5-6H2,1H3,(H,32,33)(H2,21,22,23)(H,25,30,31)/t10-,11-,12+,13-,14-,15-/m0/s1. The van der Waals surface area contributed by atoms with Gasteiger partial charge in [0, 0.05) is 24.6 Å². The number of nitrogens with zero attached hydrogens (tertiary/aromatic N) is 5. The van der Waals surface area contributed by atoms with Crippen molar-refractivity contribution < 1.29 is 38.2 Å². The van der Waals surface area contributed by atoms with Gasteiger partial charge in [0.25, 0.3) is 5.56 Å². The third kappa shape index (κ3) is 5.14. The molecule has 0 aliphatic carbocycles. The van der Waals surface area contributed by atoms with E-state index in [-0.39, 0.29) is 24.2 Å². The fourth-order valence-electron chi connectivity index (χ4n) is 4.43. The van der Waals surface area contributed by atoms with Crippen molar-refractivity contribution >= 4 is 24.8 Å². The minimum Gasteiger partial charge on any atom is -0.394 e. The minimum absolute atomic E-state index is 0.0894. The summed E-state index contributed by atoms with van der Waals surface area (Å²) in [6.07, 6.45) is -1.83. The van der Waals surface area contributed by atoms with E-state index in [1.807, 2.05) is 0 Å². The monoisotopic (exact) mass is 555 g/mol. The first-order chi connectivity index (χ1) is 18.1. The van der Waals surface area contributed by atoms with E-state index in [1.165, 1.54) is 25.8 Å². The van der Waals surface area contributed by atoms with Crippen LogP contribution in [0.15, 0.2) is 28.4 Å². The average Bonchev–Trinajstić information content (AvgIpc) is 3.57. The van der Waals surface area contributed by atoms with Gasteiger partial charge in [0.15, 0.2) is 11.5 Å². The number of ether oxygens (including phenoxy) is 2. The largest absolute Gasteiger partial charge is 0.472 e. The van der Waals surface area contributed by atoms with E-state index in [4.69, 9.17) is 24.3 Å². The van der Waals surface area contributed by atoms with Crippen LogP contribution in [-0.4, -0.2) is 81.8 Å². The molecule has 2 fully saturated rings. The molecule has 6 N–H and O–H groups in total. The molecule has 7 atom stereocenters. The van der Waals surface area contributed by atoms with Crippen molar-refractivity contribution in [1.82, 2.24) is 29.1 Å².